The lowest BCUT2D eigenvalue weighted by atomic mass is 9.93. The Morgan fingerprint density at radius 3 is 2.29 bits per heavy atom. The van der Waals surface area contributed by atoms with E-state index >= 15 is 0 Å². The molecule has 0 saturated carbocycles. The van der Waals surface area contributed by atoms with Crippen molar-refractivity contribution in [1.29, 1.82) is 0 Å². The van der Waals surface area contributed by atoms with Crippen molar-refractivity contribution in [2.75, 3.05) is 25.1 Å². The Morgan fingerprint density at radius 1 is 0.964 bits per heavy atom. The molecule has 3 aromatic rings. The minimum atomic E-state index is -1.13. The molecule has 5 nitrogen and oxygen atoms in total. The number of fused-ring (bicyclic) bond motifs is 1. The molecule has 0 aliphatic heterocycles. The van der Waals surface area contributed by atoms with E-state index < -0.39 is 5.97 Å². The SMILES string of the molecule is CCN(CC)c1ccc(C(=O)c2ccc3ccccc3c2C(=O)O)c(OC)c1. The number of anilines is 1. The van der Waals surface area contributed by atoms with Crippen LogP contribution in [0.5, 0.6) is 5.75 Å². The minimum Gasteiger partial charge on any atom is -0.496 e. The van der Waals surface area contributed by atoms with Crippen LogP contribution in [0, 0.1) is 0 Å². The molecule has 0 saturated heterocycles. The molecule has 0 aliphatic rings. The monoisotopic (exact) mass is 377 g/mol. The molecule has 0 aromatic heterocycles. The molecule has 3 aromatic carbocycles. The number of carbonyl (C=O) groups excluding carboxylic acids is 1. The van der Waals surface area contributed by atoms with Gasteiger partial charge in [-0.15, -0.1) is 0 Å². The van der Waals surface area contributed by atoms with Gasteiger partial charge in [-0.3, -0.25) is 4.79 Å². The predicted octanol–water partition coefficient (Wildman–Crippen LogP) is 4.62. The van der Waals surface area contributed by atoms with E-state index in [4.69, 9.17) is 4.74 Å². The summed E-state index contributed by atoms with van der Waals surface area (Å²) < 4.78 is 5.46. The van der Waals surface area contributed by atoms with Crippen molar-refractivity contribution in [1.82, 2.24) is 0 Å². The molecule has 0 spiro atoms. The van der Waals surface area contributed by atoms with Gasteiger partial charge in [0.1, 0.15) is 5.75 Å². The van der Waals surface area contributed by atoms with Gasteiger partial charge >= 0.3 is 5.97 Å². The molecule has 144 valence electrons. The Bertz CT molecular complexity index is 1040. The van der Waals surface area contributed by atoms with Crippen LogP contribution < -0.4 is 9.64 Å². The fourth-order valence-electron chi connectivity index (χ4n) is 3.49. The van der Waals surface area contributed by atoms with Gasteiger partial charge in [0.25, 0.3) is 0 Å². The van der Waals surface area contributed by atoms with Crippen molar-refractivity contribution in [3.05, 3.63) is 71.3 Å². The number of rotatable bonds is 7. The topological polar surface area (TPSA) is 66.8 Å². The summed E-state index contributed by atoms with van der Waals surface area (Å²) in [5.41, 5.74) is 1.46. The standard InChI is InChI=1S/C23H23NO4/c1-4-24(5-2)16-11-13-18(20(14-16)28-3)22(25)19-12-10-15-8-6-7-9-17(15)21(19)23(26)27/h6-14H,4-5H2,1-3H3,(H,26,27). The molecule has 0 radical (unpaired) electrons. The molecule has 0 aliphatic carbocycles. The number of benzene rings is 3. The van der Waals surface area contributed by atoms with Crippen LogP contribution in [-0.4, -0.2) is 37.1 Å². The van der Waals surface area contributed by atoms with Gasteiger partial charge in [0, 0.05) is 30.4 Å². The summed E-state index contributed by atoms with van der Waals surface area (Å²) in [5.74, 6) is -1.07. The number of ether oxygens (including phenoxy) is 1. The molecule has 1 N–H and O–H groups in total. The fraction of sp³-hybridized carbons (Fsp3) is 0.217. The van der Waals surface area contributed by atoms with Crippen LogP contribution >= 0.6 is 0 Å². The number of carboxylic acid groups (broad SMARTS) is 1. The maximum atomic E-state index is 13.3. The van der Waals surface area contributed by atoms with E-state index in [1.165, 1.54) is 7.11 Å². The van der Waals surface area contributed by atoms with Crippen molar-refractivity contribution in [3.63, 3.8) is 0 Å². The highest BCUT2D eigenvalue weighted by molar-refractivity contribution is 6.19. The molecule has 0 fully saturated rings. The number of ketones is 1. The lowest BCUT2D eigenvalue weighted by Gasteiger charge is -2.22. The van der Waals surface area contributed by atoms with Gasteiger partial charge in [-0.05, 0) is 42.8 Å². The Labute approximate surface area is 164 Å². The number of carboxylic acids is 1. The van der Waals surface area contributed by atoms with Crippen LogP contribution in [0.4, 0.5) is 5.69 Å². The highest BCUT2D eigenvalue weighted by Crippen LogP contribution is 2.30. The first kappa shape index (κ1) is 19.4. The molecule has 5 heteroatoms. The summed E-state index contributed by atoms with van der Waals surface area (Å²) in [4.78, 5) is 27.4. The van der Waals surface area contributed by atoms with Crippen LogP contribution in [-0.2, 0) is 0 Å². The average molecular weight is 377 g/mol. The normalized spacial score (nSPS) is 10.7. The molecule has 3 rings (SSSR count). The van der Waals surface area contributed by atoms with E-state index in [2.05, 4.69) is 18.7 Å². The van der Waals surface area contributed by atoms with Crippen LogP contribution in [0.25, 0.3) is 10.8 Å². The second-order valence-electron chi connectivity index (χ2n) is 6.40. The van der Waals surface area contributed by atoms with E-state index in [1.54, 1.807) is 30.3 Å². The first-order valence-corrected chi connectivity index (χ1v) is 9.24. The third kappa shape index (κ3) is 3.43. The molecule has 0 bridgehead atoms. The van der Waals surface area contributed by atoms with Gasteiger partial charge in [-0.1, -0.05) is 30.3 Å². The van der Waals surface area contributed by atoms with Crippen LogP contribution in [0.3, 0.4) is 0 Å². The molecule has 0 amide bonds. The Balaban J connectivity index is 2.14. The number of hydrogen-bond acceptors (Lipinski definition) is 4. The second kappa shape index (κ2) is 8.13. The van der Waals surface area contributed by atoms with E-state index in [9.17, 15) is 14.7 Å². The van der Waals surface area contributed by atoms with Gasteiger partial charge < -0.3 is 14.7 Å². The zero-order valence-corrected chi connectivity index (χ0v) is 16.2. The smallest absolute Gasteiger partial charge is 0.337 e. The summed E-state index contributed by atoms with van der Waals surface area (Å²) >= 11 is 0. The zero-order valence-electron chi connectivity index (χ0n) is 16.2. The van der Waals surface area contributed by atoms with Crippen LogP contribution in [0.15, 0.2) is 54.6 Å². The maximum absolute atomic E-state index is 13.3. The van der Waals surface area contributed by atoms with E-state index in [1.807, 2.05) is 24.3 Å². The van der Waals surface area contributed by atoms with Gasteiger partial charge in [0.15, 0.2) is 5.78 Å². The summed E-state index contributed by atoms with van der Waals surface area (Å²) in [6.45, 7) is 5.79. The van der Waals surface area contributed by atoms with Gasteiger partial charge in [0.2, 0.25) is 0 Å². The number of aromatic carboxylic acids is 1. The molecule has 0 atom stereocenters. The summed E-state index contributed by atoms with van der Waals surface area (Å²) in [5, 5.41) is 11.1. The number of hydrogen-bond donors (Lipinski definition) is 1. The van der Waals surface area contributed by atoms with Crippen molar-refractivity contribution in [2.24, 2.45) is 0 Å². The zero-order chi connectivity index (χ0) is 20.3. The largest absolute Gasteiger partial charge is 0.496 e. The minimum absolute atomic E-state index is 0.0120. The lowest BCUT2D eigenvalue weighted by Crippen LogP contribution is -2.22. The summed E-state index contributed by atoms with van der Waals surface area (Å²) in [6, 6.07) is 15.9. The van der Waals surface area contributed by atoms with Crippen LogP contribution in [0.2, 0.25) is 0 Å². The van der Waals surface area contributed by atoms with E-state index in [0.717, 1.165) is 24.2 Å². The first-order chi connectivity index (χ1) is 13.5. The van der Waals surface area contributed by atoms with Gasteiger partial charge in [0.05, 0.1) is 18.2 Å². The Kier molecular flexibility index (Phi) is 5.64. The summed E-state index contributed by atoms with van der Waals surface area (Å²) in [6.07, 6.45) is 0. The van der Waals surface area contributed by atoms with Gasteiger partial charge in [-0.2, -0.15) is 0 Å². The number of carbonyl (C=O) groups is 2. The van der Waals surface area contributed by atoms with Crippen LogP contribution in [0.1, 0.15) is 40.1 Å². The van der Waals surface area contributed by atoms with Crippen molar-refractivity contribution >= 4 is 28.2 Å². The fourth-order valence-corrected chi connectivity index (χ4v) is 3.49. The number of methoxy groups -OCH3 is 1. The van der Waals surface area contributed by atoms with E-state index in [0.29, 0.717) is 16.7 Å². The molecular weight excluding hydrogens is 354 g/mol. The average Bonchev–Trinajstić information content (AvgIpc) is 2.73. The summed E-state index contributed by atoms with van der Waals surface area (Å²) in [7, 11) is 1.51. The highest BCUT2D eigenvalue weighted by atomic mass is 16.5. The quantitative estimate of drug-likeness (QED) is 0.609. The first-order valence-electron chi connectivity index (χ1n) is 9.24. The Morgan fingerprint density at radius 2 is 1.64 bits per heavy atom. The van der Waals surface area contributed by atoms with Gasteiger partial charge in [-0.25, -0.2) is 4.79 Å². The predicted molar refractivity (Wildman–Crippen MR) is 111 cm³/mol. The van der Waals surface area contributed by atoms with E-state index in [-0.39, 0.29) is 16.9 Å². The molecule has 0 unspecified atom stereocenters. The third-order valence-electron chi connectivity index (χ3n) is 4.95. The maximum Gasteiger partial charge on any atom is 0.337 e. The Hall–Kier alpha value is -3.34. The van der Waals surface area contributed by atoms with Crippen molar-refractivity contribution in [2.45, 2.75) is 13.8 Å². The molecule has 28 heavy (non-hydrogen) atoms. The lowest BCUT2D eigenvalue weighted by molar-refractivity contribution is 0.0695. The number of nitrogens with zero attached hydrogens (tertiary/aromatic N) is 1. The van der Waals surface area contributed by atoms with Crippen molar-refractivity contribution in [3.8, 4) is 5.75 Å². The van der Waals surface area contributed by atoms with Crippen molar-refractivity contribution < 1.29 is 19.4 Å². The molecular formula is C23H23NO4. The third-order valence-corrected chi connectivity index (χ3v) is 4.95. The molecule has 0 heterocycles. The second-order valence-corrected chi connectivity index (χ2v) is 6.40. The highest BCUT2D eigenvalue weighted by Gasteiger charge is 2.23.